The Morgan fingerprint density at radius 3 is 2.91 bits per heavy atom. The number of para-hydroxylation sites is 1. The number of benzene rings is 1. The smallest absolute Gasteiger partial charge is 0.171 e. The summed E-state index contributed by atoms with van der Waals surface area (Å²) in [6, 6.07) is 8.59. The molecule has 0 radical (unpaired) electrons. The lowest BCUT2D eigenvalue weighted by atomic mass is 9.74. The average Bonchev–Trinajstić information content (AvgIpc) is 3.08. The molecular weight excluding hydrogens is 272 g/mol. The molecule has 114 valence electrons. The van der Waals surface area contributed by atoms with E-state index in [-0.39, 0.29) is 5.54 Å². The van der Waals surface area contributed by atoms with Crippen molar-refractivity contribution in [3.8, 4) is 0 Å². The Bertz CT molecular complexity index is 835. The molecule has 5 rings (SSSR count). The van der Waals surface area contributed by atoms with Crippen LogP contribution in [0.2, 0.25) is 0 Å². The van der Waals surface area contributed by atoms with E-state index in [9.17, 15) is 5.11 Å². The summed E-state index contributed by atoms with van der Waals surface area (Å²) in [7, 11) is 0. The number of allylic oxidation sites excluding steroid dienone is 1. The molecule has 2 N–H and O–H groups in total. The number of nitrogens with zero attached hydrogens (tertiary/aromatic N) is 1. The zero-order chi connectivity index (χ0) is 15.2. The van der Waals surface area contributed by atoms with E-state index in [1.54, 1.807) is 0 Å². The molecule has 22 heavy (non-hydrogen) atoms. The Labute approximate surface area is 130 Å². The molecule has 2 fully saturated rings. The van der Waals surface area contributed by atoms with Gasteiger partial charge in [0.15, 0.2) is 11.1 Å². The molecule has 0 aliphatic carbocycles. The molecule has 1 aromatic heterocycles. The second-order valence-corrected chi connectivity index (χ2v) is 7.52. The zero-order valence-electron chi connectivity index (χ0n) is 13.3. The van der Waals surface area contributed by atoms with Crippen LogP contribution >= 0.6 is 0 Å². The quantitative estimate of drug-likeness (QED) is 0.569. The highest BCUT2D eigenvalue weighted by Gasteiger charge is 2.75. The molecule has 3 aliphatic rings. The van der Waals surface area contributed by atoms with Gasteiger partial charge in [-0.15, -0.1) is 0 Å². The van der Waals surface area contributed by atoms with Crippen LogP contribution in [-0.4, -0.2) is 39.8 Å². The molecule has 3 heteroatoms. The van der Waals surface area contributed by atoms with Gasteiger partial charge in [-0.05, 0) is 25.5 Å². The van der Waals surface area contributed by atoms with Gasteiger partial charge in [-0.25, -0.2) is 0 Å². The fourth-order valence-corrected chi connectivity index (χ4v) is 5.79. The van der Waals surface area contributed by atoms with Crippen LogP contribution in [0.5, 0.6) is 0 Å². The van der Waals surface area contributed by atoms with Crippen LogP contribution in [0.15, 0.2) is 35.9 Å². The molecule has 2 saturated heterocycles. The molecule has 0 spiro atoms. The number of hydrogen-bond acceptors (Lipinski definition) is 1. The minimum Gasteiger partial charge on any atom is -0.378 e. The molecule has 0 amide bonds. The highest BCUT2D eigenvalue weighted by Crippen LogP contribution is 2.62. The van der Waals surface area contributed by atoms with Gasteiger partial charge in [-0.3, -0.25) is 0 Å². The standard InChI is InChI=1S/C19H23N2O/c1-3-13-12-21-10-8-15-14-6-4-5-7-16(14)20-17(15)18(21,2)19(13,22)9-11-21/h3-7,20,22H,8-12H2,1-2H3/q+1/b13-3-/t18-,19-,21?/m1/s1. The number of rotatable bonds is 0. The minimum absolute atomic E-state index is 0.221. The van der Waals surface area contributed by atoms with Crippen LogP contribution in [0.25, 0.3) is 10.9 Å². The topological polar surface area (TPSA) is 36.0 Å². The van der Waals surface area contributed by atoms with E-state index in [1.165, 1.54) is 27.7 Å². The van der Waals surface area contributed by atoms with Crippen molar-refractivity contribution in [2.75, 3.05) is 19.6 Å². The van der Waals surface area contributed by atoms with E-state index < -0.39 is 5.60 Å². The molecular formula is C19H23N2O+. The van der Waals surface area contributed by atoms with E-state index >= 15 is 0 Å². The first-order valence-corrected chi connectivity index (χ1v) is 8.40. The van der Waals surface area contributed by atoms with E-state index in [0.717, 1.165) is 37.0 Å². The second kappa shape index (κ2) is 3.66. The third-order valence-corrected chi connectivity index (χ3v) is 7.10. The molecule has 3 nitrogen and oxygen atoms in total. The zero-order valence-corrected chi connectivity index (χ0v) is 13.3. The molecule has 1 unspecified atom stereocenters. The lowest BCUT2D eigenvalue weighted by molar-refractivity contribution is -0.962. The summed E-state index contributed by atoms with van der Waals surface area (Å²) in [5.41, 5.74) is 4.28. The number of aromatic nitrogens is 1. The Morgan fingerprint density at radius 1 is 1.27 bits per heavy atom. The van der Waals surface area contributed by atoms with Crippen LogP contribution in [0.1, 0.15) is 31.5 Å². The minimum atomic E-state index is -0.683. The summed E-state index contributed by atoms with van der Waals surface area (Å²) in [5.74, 6) is 0. The maximum atomic E-state index is 11.6. The molecule has 1 aromatic carbocycles. The van der Waals surface area contributed by atoms with Crippen LogP contribution in [-0.2, 0) is 12.0 Å². The van der Waals surface area contributed by atoms with Crippen molar-refractivity contribution in [1.29, 1.82) is 0 Å². The first-order chi connectivity index (χ1) is 10.6. The summed E-state index contributed by atoms with van der Waals surface area (Å²) in [5, 5.41) is 13.0. The van der Waals surface area contributed by atoms with Gasteiger partial charge in [0.05, 0.1) is 18.8 Å². The summed E-state index contributed by atoms with van der Waals surface area (Å²) in [6.45, 7) is 7.63. The van der Waals surface area contributed by atoms with Gasteiger partial charge >= 0.3 is 0 Å². The Kier molecular flexibility index (Phi) is 2.15. The van der Waals surface area contributed by atoms with Crippen molar-refractivity contribution in [1.82, 2.24) is 4.98 Å². The largest absolute Gasteiger partial charge is 0.378 e. The maximum Gasteiger partial charge on any atom is 0.171 e. The van der Waals surface area contributed by atoms with E-state index in [1.807, 2.05) is 0 Å². The molecule has 2 bridgehead atoms. The van der Waals surface area contributed by atoms with Gasteiger partial charge in [0, 0.05) is 29.3 Å². The van der Waals surface area contributed by atoms with E-state index in [4.69, 9.17) is 0 Å². The SMILES string of the molecule is C/C=C1/C[N+]23CCc4c([nH]c5ccccc45)[C@]2(C)[C@@]1(O)CC3. The van der Waals surface area contributed by atoms with E-state index in [0.29, 0.717) is 0 Å². The number of aromatic amines is 1. The molecule has 4 heterocycles. The van der Waals surface area contributed by atoms with Crippen molar-refractivity contribution in [2.24, 2.45) is 0 Å². The van der Waals surface area contributed by atoms with Crippen LogP contribution < -0.4 is 0 Å². The fraction of sp³-hybridized carbons (Fsp3) is 0.474. The van der Waals surface area contributed by atoms with Gasteiger partial charge in [0.25, 0.3) is 0 Å². The summed E-state index contributed by atoms with van der Waals surface area (Å²) in [6.07, 6.45) is 4.16. The number of nitrogens with one attached hydrogen (secondary N) is 1. The molecule has 2 aromatic rings. The van der Waals surface area contributed by atoms with E-state index in [2.05, 4.69) is 49.2 Å². The number of hydrogen-bond donors (Lipinski definition) is 2. The lowest BCUT2D eigenvalue weighted by Crippen LogP contribution is -2.61. The predicted molar refractivity (Wildman–Crippen MR) is 87.5 cm³/mol. The summed E-state index contributed by atoms with van der Waals surface area (Å²) >= 11 is 0. The highest BCUT2D eigenvalue weighted by molar-refractivity contribution is 5.85. The fourth-order valence-electron chi connectivity index (χ4n) is 5.79. The van der Waals surface area contributed by atoms with Crippen molar-refractivity contribution in [3.05, 3.63) is 47.2 Å². The Morgan fingerprint density at radius 2 is 2.09 bits per heavy atom. The van der Waals surface area contributed by atoms with Gasteiger partial charge in [0.2, 0.25) is 0 Å². The van der Waals surface area contributed by atoms with Gasteiger partial charge in [-0.2, -0.15) is 0 Å². The first-order valence-electron chi connectivity index (χ1n) is 8.40. The molecule has 3 atom stereocenters. The second-order valence-electron chi connectivity index (χ2n) is 7.52. The number of fused-ring (bicyclic) bond motifs is 3. The third-order valence-electron chi connectivity index (χ3n) is 7.10. The van der Waals surface area contributed by atoms with Crippen molar-refractivity contribution < 1.29 is 9.59 Å². The van der Waals surface area contributed by atoms with Gasteiger partial charge < -0.3 is 14.6 Å². The number of quaternary nitrogens is 1. The number of aliphatic hydroxyl groups is 1. The normalized spacial score (nSPS) is 41.1. The van der Waals surface area contributed by atoms with Crippen molar-refractivity contribution in [3.63, 3.8) is 0 Å². The summed E-state index contributed by atoms with van der Waals surface area (Å²) < 4.78 is 1.03. The third kappa shape index (κ3) is 1.10. The number of piperidine rings is 1. The predicted octanol–water partition coefficient (Wildman–Crippen LogP) is 2.85. The number of H-pyrrole nitrogens is 1. The first kappa shape index (κ1) is 12.9. The maximum absolute atomic E-state index is 11.6. The monoisotopic (exact) mass is 295 g/mol. The summed E-state index contributed by atoms with van der Waals surface area (Å²) in [4.78, 5) is 3.69. The van der Waals surface area contributed by atoms with Gasteiger partial charge in [0.1, 0.15) is 6.54 Å². The van der Waals surface area contributed by atoms with Crippen LogP contribution in [0, 0.1) is 0 Å². The Hall–Kier alpha value is -1.58. The van der Waals surface area contributed by atoms with Crippen molar-refractivity contribution >= 4 is 10.9 Å². The van der Waals surface area contributed by atoms with Crippen molar-refractivity contribution in [2.45, 2.75) is 37.8 Å². The van der Waals surface area contributed by atoms with Gasteiger partial charge in [-0.1, -0.05) is 24.3 Å². The lowest BCUT2D eigenvalue weighted by Gasteiger charge is -2.47. The van der Waals surface area contributed by atoms with Crippen LogP contribution in [0.4, 0.5) is 0 Å². The molecule has 3 aliphatic heterocycles. The highest BCUT2D eigenvalue weighted by atomic mass is 16.3. The average molecular weight is 295 g/mol. The Balaban J connectivity index is 1.86. The molecule has 0 saturated carbocycles. The van der Waals surface area contributed by atoms with Crippen LogP contribution in [0.3, 0.4) is 0 Å².